The fraction of sp³-hybridized carbons (Fsp3) is 0.133. The maximum atomic E-state index is 12.4. The number of aromatic nitrogens is 4. The number of fused-ring (bicyclic) bond motifs is 2. The number of pyridine rings is 1. The van der Waals surface area contributed by atoms with Crippen LogP contribution in [0.2, 0.25) is 0 Å². The van der Waals surface area contributed by atoms with Gasteiger partial charge in [-0.05, 0) is 13.0 Å². The highest BCUT2D eigenvalue weighted by Gasteiger charge is 2.12. The second-order valence-corrected chi connectivity index (χ2v) is 5.76. The molecule has 0 bridgehead atoms. The molecule has 0 spiro atoms. The summed E-state index contributed by atoms with van der Waals surface area (Å²) < 4.78 is 3.14. The summed E-state index contributed by atoms with van der Waals surface area (Å²) in [7, 11) is 0. The first-order chi connectivity index (χ1) is 10.2. The van der Waals surface area contributed by atoms with Gasteiger partial charge >= 0.3 is 5.69 Å². The van der Waals surface area contributed by atoms with E-state index in [4.69, 9.17) is 0 Å². The lowest BCUT2D eigenvalue weighted by Crippen LogP contribution is -2.22. The quantitative estimate of drug-likeness (QED) is 0.571. The Bertz CT molecular complexity index is 1010. The van der Waals surface area contributed by atoms with E-state index in [9.17, 15) is 4.79 Å². The molecule has 0 aliphatic rings. The highest BCUT2D eigenvalue weighted by molar-refractivity contribution is 7.15. The zero-order valence-electron chi connectivity index (χ0n) is 11.4. The van der Waals surface area contributed by atoms with Gasteiger partial charge in [0.2, 0.25) is 4.96 Å². The maximum absolute atomic E-state index is 12.4. The van der Waals surface area contributed by atoms with Crippen molar-refractivity contribution in [3.63, 3.8) is 0 Å². The van der Waals surface area contributed by atoms with Crippen LogP contribution < -0.4 is 5.69 Å². The molecule has 0 radical (unpaired) electrons. The minimum atomic E-state index is -0.100. The lowest BCUT2D eigenvalue weighted by Gasteiger charge is -2.04. The van der Waals surface area contributed by atoms with Crippen LogP contribution in [0.25, 0.3) is 15.9 Å². The van der Waals surface area contributed by atoms with E-state index in [1.165, 1.54) is 16.0 Å². The number of hydrogen-bond donors (Lipinski definition) is 0. The molecule has 0 atom stereocenters. The lowest BCUT2D eigenvalue weighted by atomic mass is 10.1. The van der Waals surface area contributed by atoms with Crippen LogP contribution in [0.4, 0.5) is 0 Å². The van der Waals surface area contributed by atoms with Crippen LogP contribution in [0, 0.1) is 6.92 Å². The van der Waals surface area contributed by atoms with Crippen LogP contribution in [0.15, 0.2) is 46.7 Å². The molecule has 3 aromatic heterocycles. The van der Waals surface area contributed by atoms with Crippen molar-refractivity contribution in [3.8, 4) is 0 Å². The molecule has 3 heterocycles. The Balaban J connectivity index is 1.87. The fourth-order valence-electron chi connectivity index (χ4n) is 2.52. The largest absolute Gasteiger partial charge is 0.351 e. The molecule has 0 N–H and O–H groups in total. The molecule has 0 amide bonds. The van der Waals surface area contributed by atoms with Crippen LogP contribution in [0.5, 0.6) is 0 Å². The zero-order chi connectivity index (χ0) is 14.4. The molecule has 4 aromatic rings. The first-order valence-corrected chi connectivity index (χ1v) is 7.48. The molecule has 5 nitrogen and oxygen atoms in total. The van der Waals surface area contributed by atoms with Crippen molar-refractivity contribution in [1.29, 1.82) is 0 Å². The Labute approximate surface area is 124 Å². The smallest absolute Gasteiger partial charge is 0.256 e. The highest BCUT2D eigenvalue weighted by Crippen LogP contribution is 2.17. The summed E-state index contributed by atoms with van der Waals surface area (Å²) in [5, 5.41) is 7.40. The van der Waals surface area contributed by atoms with Crippen LogP contribution in [0.1, 0.15) is 11.3 Å². The molecule has 0 saturated heterocycles. The SMILES string of the molecule is Cc1csc2nn(Cc3cccc4cccnc34)c(=O)n12. The third-order valence-electron chi connectivity index (χ3n) is 3.53. The predicted molar refractivity (Wildman–Crippen MR) is 82.9 cm³/mol. The van der Waals surface area contributed by atoms with Crippen molar-refractivity contribution < 1.29 is 0 Å². The molecule has 0 fully saturated rings. The number of thiazole rings is 1. The van der Waals surface area contributed by atoms with Crippen molar-refractivity contribution >= 4 is 27.2 Å². The van der Waals surface area contributed by atoms with Crippen molar-refractivity contribution in [2.24, 2.45) is 0 Å². The summed E-state index contributed by atoms with van der Waals surface area (Å²) in [5.41, 5.74) is 2.73. The first kappa shape index (κ1) is 12.3. The van der Waals surface area contributed by atoms with Gasteiger partial charge in [0.1, 0.15) is 0 Å². The maximum Gasteiger partial charge on any atom is 0.351 e. The van der Waals surface area contributed by atoms with E-state index in [1.54, 1.807) is 10.6 Å². The predicted octanol–water partition coefficient (Wildman–Crippen LogP) is 2.46. The van der Waals surface area contributed by atoms with Gasteiger partial charge in [0, 0.05) is 28.2 Å². The fourth-order valence-corrected chi connectivity index (χ4v) is 3.37. The molecule has 1 aromatic carbocycles. The normalized spacial score (nSPS) is 11.5. The zero-order valence-corrected chi connectivity index (χ0v) is 12.2. The topological polar surface area (TPSA) is 52.2 Å². The van der Waals surface area contributed by atoms with Crippen molar-refractivity contribution in [2.75, 3.05) is 0 Å². The van der Waals surface area contributed by atoms with Gasteiger partial charge in [0.25, 0.3) is 0 Å². The minimum Gasteiger partial charge on any atom is -0.256 e. The number of nitrogens with zero attached hydrogens (tertiary/aromatic N) is 4. The molecule has 104 valence electrons. The Morgan fingerprint density at radius 1 is 1.24 bits per heavy atom. The summed E-state index contributed by atoms with van der Waals surface area (Å²) in [6, 6.07) is 9.92. The monoisotopic (exact) mass is 296 g/mol. The van der Waals surface area contributed by atoms with Crippen LogP contribution in [-0.2, 0) is 6.54 Å². The van der Waals surface area contributed by atoms with Gasteiger partial charge in [0.15, 0.2) is 0 Å². The lowest BCUT2D eigenvalue weighted by molar-refractivity contribution is 0.659. The molecule has 4 rings (SSSR count). The van der Waals surface area contributed by atoms with Gasteiger partial charge in [0.05, 0.1) is 12.1 Å². The molecular weight excluding hydrogens is 284 g/mol. The van der Waals surface area contributed by atoms with Crippen molar-refractivity contribution in [2.45, 2.75) is 13.5 Å². The summed E-state index contributed by atoms with van der Waals surface area (Å²) in [6.07, 6.45) is 1.77. The van der Waals surface area contributed by atoms with E-state index in [0.717, 1.165) is 27.1 Å². The number of rotatable bonds is 2. The highest BCUT2D eigenvalue weighted by atomic mass is 32.1. The summed E-state index contributed by atoms with van der Waals surface area (Å²) >= 11 is 1.48. The second-order valence-electron chi connectivity index (χ2n) is 4.93. The summed E-state index contributed by atoms with van der Waals surface area (Å²) in [6.45, 7) is 2.34. The molecule has 0 aliphatic heterocycles. The van der Waals surface area contributed by atoms with E-state index in [-0.39, 0.29) is 5.69 Å². The van der Waals surface area contributed by atoms with Crippen molar-refractivity contribution in [1.82, 2.24) is 19.2 Å². The number of hydrogen-bond acceptors (Lipinski definition) is 4. The average Bonchev–Trinajstić information content (AvgIpc) is 3.01. The Hall–Kier alpha value is -2.47. The Kier molecular flexibility index (Phi) is 2.65. The molecule has 0 saturated carbocycles. The summed E-state index contributed by atoms with van der Waals surface area (Å²) in [5.74, 6) is 0. The Morgan fingerprint density at radius 2 is 2.10 bits per heavy atom. The van der Waals surface area contributed by atoms with Gasteiger partial charge < -0.3 is 0 Å². The Morgan fingerprint density at radius 3 is 2.95 bits per heavy atom. The van der Waals surface area contributed by atoms with E-state index >= 15 is 0 Å². The first-order valence-electron chi connectivity index (χ1n) is 6.60. The van der Waals surface area contributed by atoms with Gasteiger partial charge in [-0.15, -0.1) is 16.4 Å². The molecule has 0 aliphatic carbocycles. The van der Waals surface area contributed by atoms with Gasteiger partial charge in [-0.1, -0.05) is 24.3 Å². The molecule has 0 unspecified atom stereocenters. The number of aryl methyl sites for hydroxylation is 1. The summed E-state index contributed by atoms with van der Waals surface area (Å²) in [4.78, 5) is 17.5. The van der Waals surface area contributed by atoms with Crippen LogP contribution >= 0.6 is 11.3 Å². The number of benzene rings is 1. The van der Waals surface area contributed by atoms with E-state index in [0.29, 0.717) is 6.54 Å². The average molecular weight is 296 g/mol. The van der Waals surface area contributed by atoms with Crippen LogP contribution in [0.3, 0.4) is 0 Å². The third kappa shape index (κ3) is 1.87. The van der Waals surface area contributed by atoms with Crippen LogP contribution in [-0.4, -0.2) is 19.2 Å². The third-order valence-corrected chi connectivity index (χ3v) is 4.47. The van der Waals surface area contributed by atoms with E-state index in [2.05, 4.69) is 10.1 Å². The van der Waals surface area contributed by atoms with E-state index < -0.39 is 0 Å². The molecule has 6 heteroatoms. The van der Waals surface area contributed by atoms with E-state index in [1.807, 2.05) is 42.6 Å². The van der Waals surface area contributed by atoms with Gasteiger partial charge in [-0.2, -0.15) is 0 Å². The number of para-hydroxylation sites is 1. The van der Waals surface area contributed by atoms with Gasteiger partial charge in [-0.3, -0.25) is 4.98 Å². The minimum absolute atomic E-state index is 0.100. The second kappa shape index (κ2) is 4.53. The molecular formula is C15H12N4OS. The molecule has 21 heavy (non-hydrogen) atoms. The van der Waals surface area contributed by atoms with Crippen molar-refractivity contribution in [3.05, 3.63) is 63.7 Å². The van der Waals surface area contributed by atoms with Gasteiger partial charge in [-0.25, -0.2) is 13.9 Å². The standard InChI is InChI=1S/C15H12N4OS/c1-10-9-21-14-17-18(15(20)19(10)14)8-12-5-2-4-11-6-3-7-16-13(11)12/h2-7,9H,8H2,1H3.